The van der Waals surface area contributed by atoms with Crippen LogP contribution >= 0.6 is 0 Å². The summed E-state index contributed by atoms with van der Waals surface area (Å²) in [6.45, 7) is 8.45. The van der Waals surface area contributed by atoms with Gasteiger partial charge in [-0.15, -0.1) is 13.2 Å². The van der Waals surface area contributed by atoms with E-state index in [1.807, 2.05) is 17.1 Å². The van der Waals surface area contributed by atoms with Crippen molar-refractivity contribution >= 4 is 5.91 Å². The molecular formula is C12H18N2O. The molecule has 2 fully saturated rings. The van der Waals surface area contributed by atoms with Gasteiger partial charge in [0, 0.05) is 12.0 Å². The van der Waals surface area contributed by atoms with Gasteiger partial charge in [-0.05, 0) is 19.3 Å². The number of allylic oxidation sites excluding steroid dienone is 2. The van der Waals surface area contributed by atoms with Crippen molar-refractivity contribution in [3.63, 3.8) is 0 Å². The molecule has 2 rings (SSSR count). The zero-order chi connectivity index (χ0) is 11.1. The van der Waals surface area contributed by atoms with Crippen LogP contribution in [-0.2, 0) is 4.79 Å². The molecular weight excluding hydrogens is 188 g/mol. The van der Waals surface area contributed by atoms with E-state index in [-0.39, 0.29) is 23.4 Å². The maximum Gasteiger partial charge on any atom is 0.241 e. The first-order valence-corrected chi connectivity index (χ1v) is 5.44. The van der Waals surface area contributed by atoms with E-state index in [2.05, 4.69) is 13.2 Å². The lowest BCUT2D eigenvalue weighted by atomic mass is 9.69. The normalized spacial score (nSPS) is 32.1. The van der Waals surface area contributed by atoms with Gasteiger partial charge in [-0.25, -0.2) is 0 Å². The van der Waals surface area contributed by atoms with Crippen LogP contribution in [0, 0.1) is 5.41 Å². The molecule has 82 valence electrons. The quantitative estimate of drug-likeness (QED) is 0.552. The van der Waals surface area contributed by atoms with E-state index in [4.69, 9.17) is 5.73 Å². The monoisotopic (exact) mass is 206 g/mol. The predicted molar refractivity (Wildman–Crippen MR) is 60.2 cm³/mol. The molecule has 0 radical (unpaired) electrons. The molecule has 0 spiro atoms. The van der Waals surface area contributed by atoms with Crippen molar-refractivity contribution in [2.75, 3.05) is 6.54 Å². The summed E-state index contributed by atoms with van der Waals surface area (Å²) < 4.78 is 0. The Morgan fingerprint density at radius 1 is 1.47 bits per heavy atom. The molecule has 2 atom stereocenters. The van der Waals surface area contributed by atoms with Crippen molar-refractivity contribution in [1.29, 1.82) is 0 Å². The Balaban J connectivity index is 2.23. The summed E-state index contributed by atoms with van der Waals surface area (Å²) >= 11 is 0. The Morgan fingerprint density at radius 2 is 2.07 bits per heavy atom. The van der Waals surface area contributed by atoms with Crippen LogP contribution in [0.4, 0.5) is 0 Å². The van der Waals surface area contributed by atoms with Crippen LogP contribution < -0.4 is 5.73 Å². The second-order valence-electron chi connectivity index (χ2n) is 4.60. The maximum absolute atomic E-state index is 11.5. The molecule has 0 saturated carbocycles. The molecule has 0 aromatic rings. The Kier molecular flexibility index (Phi) is 2.43. The second kappa shape index (κ2) is 3.49. The van der Waals surface area contributed by atoms with Crippen molar-refractivity contribution in [3.05, 3.63) is 25.3 Å². The third-order valence-corrected chi connectivity index (χ3v) is 3.82. The SMILES string of the molecule is C=CCC1(CC=C)CCN2C(=O)C(N)[C@H]21. The lowest BCUT2D eigenvalue weighted by Crippen LogP contribution is -2.69. The first kappa shape index (κ1) is 10.4. The molecule has 15 heavy (non-hydrogen) atoms. The van der Waals surface area contributed by atoms with Crippen LogP contribution in [0.5, 0.6) is 0 Å². The largest absolute Gasteiger partial charge is 0.336 e. The minimum absolute atomic E-state index is 0.106. The summed E-state index contributed by atoms with van der Waals surface area (Å²) in [5.41, 5.74) is 5.99. The summed E-state index contributed by atoms with van der Waals surface area (Å²) in [4.78, 5) is 13.4. The zero-order valence-electron chi connectivity index (χ0n) is 8.98. The summed E-state index contributed by atoms with van der Waals surface area (Å²) in [5, 5.41) is 0. The van der Waals surface area contributed by atoms with Crippen molar-refractivity contribution < 1.29 is 4.79 Å². The van der Waals surface area contributed by atoms with Crippen LogP contribution in [0.1, 0.15) is 19.3 Å². The molecule has 2 aliphatic rings. The van der Waals surface area contributed by atoms with E-state index in [1.54, 1.807) is 0 Å². The third-order valence-electron chi connectivity index (χ3n) is 3.82. The van der Waals surface area contributed by atoms with E-state index in [0.717, 1.165) is 25.8 Å². The van der Waals surface area contributed by atoms with Gasteiger partial charge in [0.2, 0.25) is 5.91 Å². The number of hydrogen-bond acceptors (Lipinski definition) is 2. The number of fused-ring (bicyclic) bond motifs is 1. The van der Waals surface area contributed by atoms with Crippen LogP contribution in [0.15, 0.2) is 25.3 Å². The van der Waals surface area contributed by atoms with Crippen molar-refractivity contribution in [3.8, 4) is 0 Å². The standard InChI is InChI=1S/C12H18N2O/c1-3-5-12(6-4-2)7-8-14-10(12)9(13)11(14)15/h3-4,9-10H,1-2,5-8,13H2/t9?,10-/m0/s1. The fourth-order valence-corrected chi connectivity index (χ4v) is 3.13. The molecule has 3 nitrogen and oxygen atoms in total. The number of rotatable bonds is 4. The Hall–Kier alpha value is -1.09. The van der Waals surface area contributed by atoms with Crippen molar-refractivity contribution in [2.24, 2.45) is 11.1 Å². The molecule has 2 heterocycles. The van der Waals surface area contributed by atoms with E-state index >= 15 is 0 Å². The van der Waals surface area contributed by atoms with Gasteiger partial charge in [-0.3, -0.25) is 4.79 Å². The number of hydrogen-bond donors (Lipinski definition) is 1. The molecule has 1 amide bonds. The Morgan fingerprint density at radius 3 is 2.60 bits per heavy atom. The maximum atomic E-state index is 11.5. The van der Waals surface area contributed by atoms with E-state index in [9.17, 15) is 4.79 Å². The average Bonchev–Trinajstić information content (AvgIpc) is 2.55. The number of carbonyl (C=O) groups is 1. The van der Waals surface area contributed by atoms with E-state index in [0.29, 0.717) is 0 Å². The smallest absolute Gasteiger partial charge is 0.241 e. The first-order valence-electron chi connectivity index (χ1n) is 5.44. The Bertz CT molecular complexity index is 301. The second-order valence-corrected chi connectivity index (χ2v) is 4.60. The topological polar surface area (TPSA) is 46.3 Å². The van der Waals surface area contributed by atoms with Crippen LogP contribution in [0.2, 0.25) is 0 Å². The molecule has 1 unspecified atom stereocenters. The van der Waals surface area contributed by atoms with Crippen molar-refractivity contribution in [2.45, 2.75) is 31.3 Å². The average molecular weight is 206 g/mol. The fourth-order valence-electron chi connectivity index (χ4n) is 3.13. The molecule has 0 aromatic carbocycles. The number of amides is 1. The minimum Gasteiger partial charge on any atom is -0.336 e. The molecule has 0 bridgehead atoms. The lowest BCUT2D eigenvalue weighted by Gasteiger charge is -2.48. The Labute approximate surface area is 90.6 Å². The molecule has 2 saturated heterocycles. The molecule has 2 N–H and O–H groups in total. The van der Waals surface area contributed by atoms with Gasteiger partial charge in [-0.2, -0.15) is 0 Å². The zero-order valence-corrected chi connectivity index (χ0v) is 8.98. The number of nitrogens with two attached hydrogens (primary N) is 1. The van der Waals surface area contributed by atoms with Crippen molar-refractivity contribution in [1.82, 2.24) is 4.90 Å². The van der Waals surface area contributed by atoms with Gasteiger partial charge < -0.3 is 10.6 Å². The molecule has 0 aliphatic carbocycles. The predicted octanol–water partition coefficient (Wildman–Crippen LogP) is 1.07. The highest BCUT2D eigenvalue weighted by Gasteiger charge is 2.59. The van der Waals surface area contributed by atoms with Gasteiger partial charge in [0.1, 0.15) is 6.04 Å². The van der Waals surface area contributed by atoms with Crippen LogP contribution in [-0.4, -0.2) is 29.4 Å². The van der Waals surface area contributed by atoms with Gasteiger partial charge in [0.05, 0.1) is 6.04 Å². The highest BCUT2D eigenvalue weighted by molar-refractivity contribution is 5.90. The lowest BCUT2D eigenvalue weighted by molar-refractivity contribution is -0.149. The minimum atomic E-state index is -0.299. The van der Waals surface area contributed by atoms with Crippen LogP contribution in [0.3, 0.4) is 0 Å². The summed E-state index contributed by atoms with van der Waals surface area (Å²) in [5.74, 6) is 0.106. The van der Waals surface area contributed by atoms with E-state index < -0.39 is 0 Å². The molecule has 3 heteroatoms. The first-order chi connectivity index (χ1) is 7.16. The fraction of sp³-hybridized carbons (Fsp3) is 0.583. The van der Waals surface area contributed by atoms with Gasteiger partial charge in [0.25, 0.3) is 0 Å². The molecule has 0 aromatic heterocycles. The van der Waals surface area contributed by atoms with E-state index in [1.165, 1.54) is 0 Å². The van der Waals surface area contributed by atoms with Gasteiger partial charge >= 0.3 is 0 Å². The highest BCUT2D eigenvalue weighted by atomic mass is 16.2. The number of β-lactam (4-membered cyclic amide) rings is 1. The molecule has 2 aliphatic heterocycles. The van der Waals surface area contributed by atoms with Crippen LogP contribution in [0.25, 0.3) is 0 Å². The summed E-state index contributed by atoms with van der Waals surface area (Å²) in [7, 11) is 0. The number of carbonyl (C=O) groups excluding carboxylic acids is 1. The summed E-state index contributed by atoms with van der Waals surface area (Å²) in [6.07, 6.45) is 6.72. The summed E-state index contributed by atoms with van der Waals surface area (Å²) in [6, 6.07) is -0.0894. The third kappa shape index (κ3) is 1.26. The highest BCUT2D eigenvalue weighted by Crippen LogP contribution is 2.49. The van der Waals surface area contributed by atoms with Gasteiger partial charge in [-0.1, -0.05) is 12.2 Å². The van der Waals surface area contributed by atoms with Gasteiger partial charge in [0.15, 0.2) is 0 Å². The number of nitrogens with zero attached hydrogens (tertiary/aromatic N) is 1.